The summed E-state index contributed by atoms with van der Waals surface area (Å²) >= 11 is 0. The Hall–Kier alpha value is -1.42. The van der Waals surface area contributed by atoms with Crippen LogP contribution in [0.3, 0.4) is 0 Å². The van der Waals surface area contributed by atoms with E-state index in [1.54, 1.807) is 12.1 Å². The molecule has 1 aliphatic rings. The summed E-state index contributed by atoms with van der Waals surface area (Å²) in [4.78, 5) is 11.8. The number of hydrogen-bond donors (Lipinski definition) is 2. The zero-order chi connectivity index (χ0) is 13.7. The molecule has 1 atom stereocenters. The van der Waals surface area contributed by atoms with Gasteiger partial charge in [0.2, 0.25) is 5.91 Å². The molecule has 1 aromatic carbocycles. The first-order valence-electron chi connectivity index (χ1n) is 6.93. The van der Waals surface area contributed by atoms with Crippen molar-refractivity contribution in [2.45, 2.75) is 44.7 Å². The maximum atomic E-state index is 12.8. The smallest absolute Gasteiger partial charge is 0.234 e. The van der Waals surface area contributed by atoms with E-state index in [0.29, 0.717) is 12.6 Å². The van der Waals surface area contributed by atoms with Gasteiger partial charge in [-0.2, -0.15) is 0 Å². The van der Waals surface area contributed by atoms with Crippen molar-refractivity contribution in [3.63, 3.8) is 0 Å². The summed E-state index contributed by atoms with van der Waals surface area (Å²) in [6.07, 6.45) is 4.62. The number of halogens is 1. The fourth-order valence-electron chi connectivity index (χ4n) is 2.46. The predicted molar refractivity (Wildman–Crippen MR) is 73.2 cm³/mol. The molecule has 19 heavy (non-hydrogen) atoms. The fraction of sp³-hybridized carbons (Fsp3) is 0.533. The molecule has 0 spiro atoms. The van der Waals surface area contributed by atoms with Crippen molar-refractivity contribution in [2.24, 2.45) is 0 Å². The molecule has 1 amide bonds. The van der Waals surface area contributed by atoms with Crippen molar-refractivity contribution < 1.29 is 9.18 Å². The van der Waals surface area contributed by atoms with Crippen LogP contribution in [0.4, 0.5) is 4.39 Å². The molecule has 1 aromatic rings. The highest BCUT2D eigenvalue weighted by atomic mass is 19.1. The first-order valence-corrected chi connectivity index (χ1v) is 6.93. The first-order chi connectivity index (χ1) is 9.15. The molecule has 0 bridgehead atoms. The summed E-state index contributed by atoms with van der Waals surface area (Å²) < 4.78 is 12.8. The van der Waals surface area contributed by atoms with Gasteiger partial charge < -0.3 is 10.6 Å². The van der Waals surface area contributed by atoms with Crippen LogP contribution in [0.2, 0.25) is 0 Å². The lowest BCUT2D eigenvalue weighted by Gasteiger charge is -2.16. The molecular formula is C15H21FN2O. The molecule has 2 rings (SSSR count). The topological polar surface area (TPSA) is 41.1 Å². The summed E-state index contributed by atoms with van der Waals surface area (Å²) in [5.41, 5.74) is 0.982. The molecule has 0 aliphatic heterocycles. The van der Waals surface area contributed by atoms with Crippen LogP contribution in [-0.4, -0.2) is 18.5 Å². The van der Waals surface area contributed by atoms with Crippen molar-refractivity contribution in [1.82, 2.24) is 10.6 Å². The zero-order valence-electron chi connectivity index (χ0n) is 11.3. The number of rotatable bonds is 5. The number of benzene rings is 1. The number of nitrogens with one attached hydrogen (secondary N) is 2. The largest absolute Gasteiger partial charge is 0.352 e. The van der Waals surface area contributed by atoms with Crippen LogP contribution in [0.25, 0.3) is 0 Å². The Morgan fingerprint density at radius 3 is 2.58 bits per heavy atom. The second-order valence-electron chi connectivity index (χ2n) is 5.20. The third-order valence-corrected chi connectivity index (χ3v) is 3.66. The number of hydrogen-bond acceptors (Lipinski definition) is 2. The standard InChI is InChI=1S/C15H21FN2O/c1-11(12-6-8-13(16)9-7-12)17-10-15(19)18-14-4-2-3-5-14/h6-9,11,14,17H,2-5,10H2,1H3,(H,18,19). The van der Waals surface area contributed by atoms with Crippen molar-refractivity contribution in [3.8, 4) is 0 Å². The SMILES string of the molecule is CC(NCC(=O)NC1CCCC1)c1ccc(F)cc1. The Balaban J connectivity index is 1.74. The molecule has 0 radical (unpaired) electrons. The van der Waals surface area contributed by atoms with Gasteiger partial charge in [-0.05, 0) is 37.5 Å². The minimum absolute atomic E-state index is 0.0370. The molecular weight excluding hydrogens is 243 g/mol. The number of amides is 1. The molecule has 2 N–H and O–H groups in total. The summed E-state index contributed by atoms with van der Waals surface area (Å²) in [6.45, 7) is 2.27. The van der Waals surface area contributed by atoms with Gasteiger partial charge in [-0.3, -0.25) is 4.79 Å². The summed E-state index contributed by atoms with van der Waals surface area (Å²) in [5, 5.41) is 6.19. The van der Waals surface area contributed by atoms with Gasteiger partial charge >= 0.3 is 0 Å². The normalized spacial score (nSPS) is 17.4. The second-order valence-corrected chi connectivity index (χ2v) is 5.20. The van der Waals surface area contributed by atoms with E-state index in [4.69, 9.17) is 0 Å². The van der Waals surface area contributed by atoms with Crippen LogP contribution >= 0.6 is 0 Å². The van der Waals surface area contributed by atoms with E-state index in [9.17, 15) is 9.18 Å². The average Bonchev–Trinajstić information content (AvgIpc) is 2.89. The molecule has 1 aliphatic carbocycles. The van der Waals surface area contributed by atoms with Crippen LogP contribution in [0.5, 0.6) is 0 Å². The van der Waals surface area contributed by atoms with Gasteiger partial charge in [0.1, 0.15) is 5.82 Å². The van der Waals surface area contributed by atoms with Crippen LogP contribution in [0.1, 0.15) is 44.2 Å². The van der Waals surface area contributed by atoms with Crippen molar-refractivity contribution >= 4 is 5.91 Å². The first kappa shape index (κ1) is 14.0. The average molecular weight is 264 g/mol. The molecule has 0 saturated heterocycles. The zero-order valence-corrected chi connectivity index (χ0v) is 11.3. The van der Waals surface area contributed by atoms with Gasteiger partial charge in [-0.15, -0.1) is 0 Å². The van der Waals surface area contributed by atoms with Crippen molar-refractivity contribution in [2.75, 3.05) is 6.54 Å². The van der Waals surface area contributed by atoms with Gasteiger partial charge in [-0.1, -0.05) is 25.0 Å². The van der Waals surface area contributed by atoms with Crippen LogP contribution < -0.4 is 10.6 Å². The van der Waals surface area contributed by atoms with E-state index in [0.717, 1.165) is 18.4 Å². The van der Waals surface area contributed by atoms with Gasteiger partial charge in [0.15, 0.2) is 0 Å². The minimum atomic E-state index is -0.241. The fourth-order valence-corrected chi connectivity index (χ4v) is 2.46. The van der Waals surface area contributed by atoms with Gasteiger partial charge in [0.25, 0.3) is 0 Å². The maximum Gasteiger partial charge on any atom is 0.234 e. The summed E-state index contributed by atoms with van der Waals surface area (Å²) in [5.74, 6) is -0.198. The second kappa shape index (κ2) is 6.66. The highest BCUT2D eigenvalue weighted by Crippen LogP contribution is 2.17. The highest BCUT2D eigenvalue weighted by Gasteiger charge is 2.17. The molecule has 1 unspecified atom stereocenters. The monoisotopic (exact) mass is 264 g/mol. The Morgan fingerprint density at radius 2 is 1.95 bits per heavy atom. The quantitative estimate of drug-likeness (QED) is 0.858. The molecule has 0 heterocycles. The lowest BCUT2D eigenvalue weighted by Crippen LogP contribution is -2.39. The molecule has 1 saturated carbocycles. The van der Waals surface area contributed by atoms with E-state index in [-0.39, 0.29) is 17.8 Å². The van der Waals surface area contributed by atoms with E-state index in [2.05, 4.69) is 10.6 Å². The highest BCUT2D eigenvalue weighted by molar-refractivity contribution is 5.78. The Bertz CT molecular complexity index is 413. The van der Waals surface area contributed by atoms with Crippen LogP contribution in [0, 0.1) is 5.82 Å². The van der Waals surface area contributed by atoms with Gasteiger partial charge in [0.05, 0.1) is 6.54 Å². The summed E-state index contributed by atoms with van der Waals surface area (Å²) in [6, 6.07) is 6.74. The Labute approximate surface area is 113 Å². The van der Waals surface area contributed by atoms with E-state index in [1.165, 1.54) is 25.0 Å². The van der Waals surface area contributed by atoms with E-state index in [1.807, 2.05) is 6.92 Å². The molecule has 104 valence electrons. The third kappa shape index (κ3) is 4.31. The molecule has 4 heteroatoms. The van der Waals surface area contributed by atoms with Crippen molar-refractivity contribution in [3.05, 3.63) is 35.6 Å². The Morgan fingerprint density at radius 1 is 1.32 bits per heavy atom. The van der Waals surface area contributed by atoms with Gasteiger partial charge in [0, 0.05) is 12.1 Å². The third-order valence-electron chi connectivity index (χ3n) is 3.66. The van der Waals surface area contributed by atoms with E-state index >= 15 is 0 Å². The number of carbonyl (C=O) groups excluding carboxylic acids is 1. The number of carbonyl (C=O) groups is 1. The van der Waals surface area contributed by atoms with Crippen LogP contribution in [-0.2, 0) is 4.79 Å². The molecule has 0 aromatic heterocycles. The van der Waals surface area contributed by atoms with Gasteiger partial charge in [-0.25, -0.2) is 4.39 Å². The Kier molecular flexibility index (Phi) is 4.91. The minimum Gasteiger partial charge on any atom is -0.352 e. The molecule has 1 fully saturated rings. The lowest BCUT2D eigenvalue weighted by atomic mass is 10.1. The van der Waals surface area contributed by atoms with Crippen LogP contribution in [0.15, 0.2) is 24.3 Å². The predicted octanol–water partition coefficient (Wildman–Crippen LogP) is 2.54. The maximum absolute atomic E-state index is 12.8. The van der Waals surface area contributed by atoms with Crippen molar-refractivity contribution in [1.29, 1.82) is 0 Å². The van der Waals surface area contributed by atoms with E-state index < -0.39 is 0 Å². The molecule has 3 nitrogen and oxygen atoms in total. The summed E-state index contributed by atoms with van der Waals surface area (Å²) in [7, 11) is 0. The lowest BCUT2D eigenvalue weighted by molar-refractivity contribution is -0.121.